The minimum absolute atomic E-state index is 0.0497. The van der Waals surface area contributed by atoms with Gasteiger partial charge in [-0.05, 0) is 29.8 Å². The minimum atomic E-state index is -0.322. The van der Waals surface area contributed by atoms with Gasteiger partial charge in [-0.25, -0.2) is 4.39 Å². The molecule has 0 saturated heterocycles. The van der Waals surface area contributed by atoms with Crippen LogP contribution in [0.15, 0.2) is 48.5 Å². The molecule has 0 unspecified atom stereocenters. The van der Waals surface area contributed by atoms with E-state index < -0.39 is 0 Å². The fourth-order valence-electron chi connectivity index (χ4n) is 2.35. The number of hydrogen-bond acceptors (Lipinski definition) is 2. The Kier molecular flexibility index (Phi) is 3.37. The zero-order valence-electron chi connectivity index (χ0n) is 10.9. The van der Waals surface area contributed by atoms with E-state index in [1.165, 1.54) is 12.1 Å². The molecule has 0 fully saturated rings. The second-order valence-corrected chi connectivity index (χ2v) is 4.67. The van der Waals surface area contributed by atoms with Crippen molar-refractivity contribution in [1.82, 2.24) is 0 Å². The lowest BCUT2D eigenvalue weighted by atomic mass is 10.1. The van der Waals surface area contributed by atoms with Crippen LogP contribution in [-0.4, -0.2) is 19.1 Å². The van der Waals surface area contributed by atoms with Gasteiger partial charge in [0.25, 0.3) is 0 Å². The van der Waals surface area contributed by atoms with Gasteiger partial charge in [0.15, 0.2) is 0 Å². The number of halogens is 1. The van der Waals surface area contributed by atoms with Gasteiger partial charge >= 0.3 is 0 Å². The van der Waals surface area contributed by atoms with Gasteiger partial charge in [-0.1, -0.05) is 24.3 Å². The van der Waals surface area contributed by atoms with Crippen LogP contribution < -0.4 is 9.64 Å². The summed E-state index contributed by atoms with van der Waals surface area (Å²) in [5.74, 6) is 0.343. The first kappa shape index (κ1) is 12.7. The molecule has 1 heterocycles. The Hall–Kier alpha value is -2.36. The molecule has 2 aromatic rings. The normalized spacial score (nSPS) is 13.6. The lowest BCUT2D eigenvalue weighted by Gasteiger charge is -2.29. The Morgan fingerprint density at radius 1 is 1.20 bits per heavy atom. The van der Waals surface area contributed by atoms with E-state index >= 15 is 0 Å². The molecule has 1 aliphatic rings. The SMILES string of the molecule is O=C(Cc1cccc(F)c1)N1CCOc2ccccc21. The van der Waals surface area contributed by atoms with Crippen molar-refractivity contribution in [2.24, 2.45) is 0 Å². The van der Waals surface area contributed by atoms with E-state index in [1.807, 2.05) is 24.3 Å². The second-order valence-electron chi connectivity index (χ2n) is 4.67. The molecule has 4 heteroatoms. The van der Waals surface area contributed by atoms with Crippen molar-refractivity contribution in [3.63, 3.8) is 0 Å². The molecular formula is C16H14FNO2. The van der Waals surface area contributed by atoms with Gasteiger partial charge in [-0.15, -0.1) is 0 Å². The summed E-state index contributed by atoms with van der Waals surface area (Å²) >= 11 is 0. The molecule has 1 aliphatic heterocycles. The van der Waals surface area contributed by atoms with Crippen molar-refractivity contribution in [2.45, 2.75) is 6.42 Å². The van der Waals surface area contributed by atoms with E-state index in [9.17, 15) is 9.18 Å². The molecule has 102 valence electrons. The number of carbonyl (C=O) groups excluding carboxylic acids is 1. The molecule has 0 radical (unpaired) electrons. The van der Waals surface area contributed by atoms with E-state index in [1.54, 1.807) is 17.0 Å². The highest BCUT2D eigenvalue weighted by Gasteiger charge is 2.23. The monoisotopic (exact) mass is 271 g/mol. The van der Waals surface area contributed by atoms with Gasteiger partial charge in [0.2, 0.25) is 5.91 Å². The Morgan fingerprint density at radius 3 is 2.90 bits per heavy atom. The zero-order valence-corrected chi connectivity index (χ0v) is 10.9. The zero-order chi connectivity index (χ0) is 13.9. The van der Waals surface area contributed by atoms with Crippen LogP contribution in [0.1, 0.15) is 5.56 Å². The first-order chi connectivity index (χ1) is 9.74. The van der Waals surface area contributed by atoms with Crippen molar-refractivity contribution in [2.75, 3.05) is 18.1 Å². The third kappa shape index (κ3) is 2.50. The van der Waals surface area contributed by atoms with Crippen LogP contribution in [0.25, 0.3) is 0 Å². The standard InChI is InChI=1S/C16H14FNO2/c17-13-5-3-4-12(10-13)11-16(19)18-8-9-20-15-7-2-1-6-14(15)18/h1-7,10H,8-9,11H2. The van der Waals surface area contributed by atoms with Crippen molar-refractivity contribution in [3.8, 4) is 5.75 Å². The van der Waals surface area contributed by atoms with Crippen molar-refractivity contribution >= 4 is 11.6 Å². The van der Waals surface area contributed by atoms with E-state index in [0.717, 1.165) is 5.69 Å². The third-order valence-corrected chi connectivity index (χ3v) is 3.27. The number of hydrogen-bond donors (Lipinski definition) is 0. The van der Waals surface area contributed by atoms with E-state index in [2.05, 4.69) is 0 Å². The summed E-state index contributed by atoms with van der Waals surface area (Å²) in [7, 11) is 0. The average molecular weight is 271 g/mol. The first-order valence-electron chi connectivity index (χ1n) is 6.51. The van der Waals surface area contributed by atoms with Crippen molar-refractivity contribution in [3.05, 3.63) is 59.9 Å². The van der Waals surface area contributed by atoms with Gasteiger partial charge in [-0.2, -0.15) is 0 Å². The summed E-state index contributed by atoms with van der Waals surface area (Å²) in [4.78, 5) is 14.1. The van der Waals surface area contributed by atoms with Gasteiger partial charge < -0.3 is 9.64 Å². The van der Waals surface area contributed by atoms with Crippen LogP contribution in [0.3, 0.4) is 0 Å². The largest absolute Gasteiger partial charge is 0.490 e. The highest BCUT2D eigenvalue weighted by Crippen LogP contribution is 2.31. The smallest absolute Gasteiger partial charge is 0.231 e. The van der Waals surface area contributed by atoms with Crippen molar-refractivity contribution < 1.29 is 13.9 Å². The molecule has 0 atom stereocenters. The Balaban J connectivity index is 1.82. The summed E-state index contributed by atoms with van der Waals surface area (Å²) in [5.41, 5.74) is 1.46. The molecule has 1 amide bonds. The molecule has 0 aliphatic carbocycles. The van der Waals surface area contributed by atoms with Gasteiger partial charge in [0.1, 0.15) is 18.2 Å². The number of benzene rings is 2. The number of ether oxygens (including phenoxy) is 1. The molecule has 0 aromatic heterocycles. The van der Waals surface area contributed by atoms with Crippen LogP contribution in [0, 0.1) is 5.82 Å². The van der Waals surface area contributed by atoms with E-state index in [-0.39, 0.29) is 18.1 Å². The predicted molar refractivity (Wildman–Crippen MR) is 74.4 cm³/mol. The lowest BCUT2D eigenvalue weighted by Crippen LogP contribution is -2.38. The lowest BCUT2D eigenvalue weighted by molar-refractivity contribution is -0.118. The topological polar surface area (TPSA) is 29.5 Å². The maximum absolute atomic E-state index is 13.2. The summed E-state index contributed by atoms with van der Waals surface area (Å²) in [5, 5.41) is 0. The number of anilines is 1. The summed E-state index contributed by atoms with van der Waals surface area (Å²) < 4.78 is 18.7. The molecule has 20 heavy (non-hydrogen) atoms. The molecule has 3 nitrogen and oxygen atoms in total. The molecule has 0 N–H and O–H groups in total. The van der Waals surface area contributed by atoms with Crippen LogP contribution in [0.4, 0.5) is 10.1 Å². The fourth-order valence-corrected chi connectivity index (χ4v) is 2.35. The maximum Gasteiger partial charge on any atom is 0.231 e. The number of nitrogens with zero attached hydrogens (tertiary/aromatic N) is 1. The molecule has 0 bridgehead atoms. The number of fused-ring (bicyclic) bond motifs is 1. The van der Waals surface area contributed by atoms with Crippen molar-refractivity contribution in [1.29, 1.82) is 0 Å². The first-order valence-corrected chi connectivity index (χ1v) is 6.51. The number of carbonyl (C=O) groups is 1. The Bertz CT molecular complexity index is 642. The molecule has 3 rings (SSSR count). The van der Waals surface area contributed by atoms with Gasteiger partial charge in [0, 0.05) is 0 Å². The molecule has 2 aromatic carbocycles. The summed E-state index contributed by atoms with van der Waals surface area (Å²) in [6.45, 7) is 0.997. The summed E-state index contributed by atoms with van der Waals surface area (Å²) in [6.07, 6.45) is 0.187. The predicted octanol–water partition coefficient (Wildman–Crippen LogP) is 2.79. The maximum atomic E-state index is 13.2. The Morgan fingerprint density at radius 2 is 2.05 bits per heavy atom. The Labute approximate surface area is 116 Å². The van der Waals surface area contributed by atoms with E-state index in [0.29, 0.717) is 24.5 Å². The fraction of sp³-hybridized carbons (Fsp3) is 0.188. The minimum Gasteiger partial charge on any atom is -0.490 e. The summed E-state index contributed by atoms with van der Waals surface area (Å²) in [6, 6.07) is 13.6. The highest BCUT2D eigenvalue weighted by molar-refractivity contribution is 5.96. The second kappa shape index (κ2) is 5.33. The molecule has 0 spiro atoms. The number of amides is 1. The number of rotatable bonds is 2. The van der Waals surface area contributed by atoms with E-state index in [4.69, 9.17) is 4.74 Å². The van der Waals surface area contributed by atoms with Crippen LogP contribution in [0.2, 0.25) is 0 Å². The quantitative estimate of drug-likeness (QED) is 0.840. The van der Waals surface area contributed by atoms with Crippen LogP contribution in [-0.2, 0) is 11.2 Å². The van der Waals surface area contributed by atoms with Crippen LogP contribution >= 0.6 is 0 Å². The number of para-hydroxylation sites is 2. The molecular weight excluding hydrogens is 257 g/mol. The molecule has 0 saturated carbocycles. The average Bonchev–Trinajstić information content (AvgIpc) is 2.46. The van der Waals surface area contributed by atoms with Gasteiger partial charge in [-0.3, -0.25) is 4.79 Å². The third-order valence-electron chi connectivity index (χ3n) is 3.27. The van der Waals surface area contributed by atoms with Crippen LogP contribution in [0.5, 0.6) is 5.75 Å². The van der Waals surface area contributed by atoms with Gasteiger partial charge in [0.05, 0.1) is 18.7 Å². The highest BCUT2D eigenvalue weighted by atomic mass is 19.1.